The molecular weight excluding hydrogens is 495 g/mol. The minimum absolute atomic E-state index is 0.0634. The van der Waals surface area contributed by atoms with Gasteiger partial charge in [-0.1, -0.05) is 24.3 Å². The van der Waals surface area contributed by atoms with Crippen molar-refractivity contribution >= 4 is 22.4 Å². The van der Waals surface area contributed by atoms with E-state index >= 15 is 0 Å². The van der Waals surface area contributed by atoms with Crippen LogP contribution >= 0.6 is 0 Å². The molecule has 0 amide bonds. The van der Waals surface area contributed by atoms with Crippen LogP contribution in [0.5, 0.6) is 11.6 Å². The molecule has 1 aliphatic carbocycles. The van der Waals surface area contributed by atoms with Gasteiger partial charge >= 0.3 is 6.36 Å². The van der Waals surface area contributed by atoms with Gasteiger partial charge in [0.1, 0.15) is 5.69 Å². The van der Waals surface area contributed by atoms with Crippen molar-refractivity contribution < 1.29 is 22.6 Å². The lowest BCUT2D eigenvalue weighted by atomic mass is 10.1. The summed E-state index contributed by atoms with van der Waals surface area (Å²) in [4.78, 5) is 13.8. The Morgan fingerprint density at radius 2 is 1.71 bits per heavy atom. The number of methoxy groups -OCH3 is 1. The van der Waals surface area contributed by atoms with E-state index in [2.05, 4.69) is 15.0 Å². The first-order valence-corrected chi connectivity index (χ1v) is 11.8. The number of nitrogens with zero attached hydrogens (tertiary/aromatic N) is 4. The summed E-state index contributed by atoms with van der Waals surface area (Å²) in [5.74, 6) is 0.0788. The fourth-order valence-corrected chi connectivity index (χ4v) is 4.23. The molecule has 0 saturated heterocycles. The van der Waals surface area contributed by atoms with Crippen molar-refractivity contribution in [2.75, 3.05) is 12.4 Å². The highest BCUT2D eigenvalue weighted by Crippen LogP contribution is 2.36. The first kappa shape index (κ1) is 25.1. The van der Waals surface area contributed by atoms with E-state index < -0.39 is 6.36 Å². The van der Waals surface area contributed by atoms with Crippen LogP contribution in [-0.4, -0.2) is 34.0 Å². The van der Waals surface area contributed by atoms with Crippen LogP contribution in [-0.2, 0) is 0 Å². The normalized spacial score (nSPS) is 12.3. The number of hydrogen-bond acceptors (Lipinski definition) is 6. The van der Waals surface area contributed by atoms with E-state index in [0.717, 1.165) is 0 Å². The highest BCUT2D eigenvalue weighted by Gasteiger charge is 2.32. The molecule has 194 valence electrons. The van der Waals surface area contributed by atoms with Gasteiger partial charge in [0.25, 0.3) is 0 Å². The number of nitrogens with one attached hydrogen (secondary N) is 1. The van der Waals surface area contributed by atoms with Gasteiger partial charge in [-0.05, 0) is 62.4 Å². The molecule has 38 heavy (non-hydrogen) atoms. The van der Waals surface area contributed by atoms with Crippen LogP contribution in [0.15, 0.2) is 84.0 Å². The summed E-state index contributed by atoms with van der Waals surface area (Å²) in [6, 6.07) is 20.5. The minimum Gasteiger partial charge on any atom is -0.480 e. The molecule has 1 aromatic heterocycles. The van der Waals surface area contributed by atoms with Crippen LogP contribution in [0.2, 0.25) is 0 Å². The second-order valence-electron chi connectivity index (χ2n) is 8.72. The number of aromatic nitrogens is 3. The number of anilines is 2. The van der Waals surface area contributed by atoms with Crippen LogP contribution in [0.4, 0.5) is 24.5 Å². The molecule has 0 spiro atoms. The standard InChI is InChI=1S/C28H24F3N5O2/c1-17(2)33-21-16-25-22(15-20(21)35-19-10-8-14-32-27(19)37-3)34-18-9-4-5-11-23(18)36(25)24-12-6-7-13-26(24)38-28(29,30)31/h4-17,35H,1-3H3/b33-21+. The van der Waals surface area contributed by atoms with E-state index in [1.807, 2.05) is 50.2 Å². The summed E-state index contributed by atoms with van der Waals surface area (Å²) in [5, 5.41) is 3.93. The Labute approximate surface area is 216 Å². The first-order chi connectivity index (χ1) is 18.2. The molecule has 0 unspecified atom stereocenters. The number of alkyl halides is 3. The average Bonchev–Trinajstić information content (AvgIpc) is 2.87. The summed E-state index contributed by atoms with van der Waals surface area (Å²) in [6.45, 7) is 3.88. The predicted octanol–water partition coefficient (Wildman–Crippen LogP) is 6.49. The van der Waals surface area contributed by atoms with Gasteiger partial charge in [-0.3, -0.25) is 4.99 Å². The van der Waals surface area contributed by atoms with E-state index in [9.17, 15) is 13.2 Å². The number of halogens is 3. The predicted molar refractivity (Wildman–Crippen MR) is 139 cm³/mol. The molecule has 5 rings (SSSR count). The van der Waals surface area contributed by atoms with E-state index in [-0.39, 0.29) is 17.5 Å². The third-order valence-corrected chi connectivity index (χ3v) is 5.66. The molecular formula is C28H24F3N5O2. The third-order valence-electron chi connectivity index (χ3n) is 5.66. The lowest BCUT2D eigenvalue weighted by Gasteiger charge is -2.22. The quantitative estimate of drug-likeness (QED) is 0.260. The Bertz CT molecular complexity index is 1650. The maximum atomic E-state index is 13.3. The molecule has 2 heterocycles. The van der Waals surface area contributed by atoms with Gasteiger partial charge in [-0.2, -0.15) is 0 Å². The summed E-state index contributed by atoms with van der Waals surface area (Å²) in [6.07, 6.45) is -3.23. The summed E-state index contributed by atoms with van der Waals surface area (Å²) in [7, 11) is 1.53. The van der Waals surface area contributed by atoms with Gasteiger partial charge in [0.2, 0.25) is 5.88 Å². The maximum absolute atomic E-state index is 13.3. The lowest BCUT2D eigenvalue weighted by molar-refractivity contribution is -0.274. The molecule has 0 fully saturated rings. The smallest absolute Gasteiger partial charge is 0.480 e. The maximum Gasteiger partial charge on any atom is 0.573 e. The summed E-state index contributed by atoms with van der Waals surface area (Å²) < 4.78 is 51.4. The molecule has 10 heteroatoms. The molecule has 0 atom stereocenters. The van der Waals surface area contributed by atoms with Gasteiger partial charge in [0.15, 0.2) is 5.75 Å². The van der Waals surface area contributed by atoms with E-state index in [1.54, 1.807) is 35.0 Å². The molecule has 7 nitrogen and oxygen atoms in total. The Morgan fingerprint density at radius 3 is 2.47 bits per heavy atom. The van der Waals surface area contributed by atoms with Crippen LogP contribution in [0.25, 0.3) is 28.1 Å². The highest BCUT2D eigenvalue weighted by molar-refractivity contribution is 5.85. The largest absolute Gasteiger partial charge is 0.573 e. The first-order valence-electron chi connectivity index (χ1n) is 11.8. The topological polar surface area (TPSA) is 73.6 Å². The monoisotopic (exact) mass is 519 g/mol. The second kappa shape index (κ2) is 10.0. The molecule has 2 aliphatic rings. The van der Waals surface area contributed by atoms with Crippen LogP contribution in [0, 0.1) is 0 Å². The van der Waals surface area contributed by atoms with Crippen molar-refractivity contribution in [2.24, 2.45) is 4.99 Å². The fourth-order valence-electron chi connectivity index (χ4n) is 4.23. The zero-order chi connectivity index (χ0) is 26.9. The zero-order valence-electron chi connectivity index (χ0n) is 20.8. The van der Waals surface area contributed by atoms with Crippen LogP contribution in [0.1, 0.15) is 13.8 Å². The molecule has 0 saturated carbocycles. The van der Waals surface area contributed by atoms with Crippen molar-refractivity contribution in [2.45, 2.75) is 26.3 Å². The molecule has 0 radical (unpaired) electrons. The number of para-hydroxylation sites is 4. The van der Waals surface area contributed by atoms with Crippen molar-refractivity contribution in [1.82, 2.24) is 14.5 Å². The number of rotatable bonds is 6. The van der Waals surface area contributed by atoms with Gasteiger partial charge in [-0.15, -0.1) is 13.2 Å². The van der Waals surface area contributed by atoms with Crippen LogP contribution in [0.3, 0.4) is 0 Å². The zero-order valence-corrected chi connectivity index (χ0v) is 20.8. The summed E-state index contributed by atoms with van der Waals surface area (Å²) in [5.41, 5.74) is 3.81. The van der Waals surface area contributed by atoms with Gasteiger partial charge < -0.3 is 19.4 Å². The number of pyridine rings is 1. The molecule has 3 aromatic rings. The average molecular weight is 520 g/mol. The number of benzene rings is 3. The molecule has 1 N–H and O–H groups in total. The van der Waals surface area contributed by atoms with Crippen molar-refractivity contribution in [3.8, 4) is 28.7 Å². The number of fused-ring (bicyclic) bond motifs is 2. The lowest BCUT2D eigenvalue weighted by Crippen LogP contribution is -2.20. The van der Waals surface area contributed by atoms with Gasteiger partial charge in [0, 0.05) is 12.2 Å². The molecule has 2 aromatic carbocycles. The molecule has 1 aliphatic heterocycles. The van der Waals surface area contributed by atoms with E-state index in [1.165, 1.54) is 19.2 Å². The SMILES string of the molecule is COc1ncccc1Nc1cc2nc3ccccc3n(-c3ccccc3OC(F)(F)F)c-2c/c1=N\C(C)C. The molecule has 0 bridgehead atoms. The van der Waals surface area contributed by atoms with Gasteiger partial charge in [0.05, 0.1) is 46.3 Å². The Hall–Kier alpha value is -4.60. The fraction of sp³-hybridized carbons (Fsp3) is 0.179. The van der Waals surface area contributed by atoms with Gasteiger partial charge in [-0.25, -0.2) is 9.97 Å². The van der Waals surface area contributed by atoms with Crippen molar-refractivity contribution in [3.63, 3.8) is 0 Å². The van der Waals surface area contributed by atoms with E-state index in [0.29, 0.717) is 45.0 Å². The second-order valence-corrected chi connectivity index (χ2v) is 8.72. The highest BCUT2D eigenvalue weighted by atomic mass is 19.4. The Kier molecular flexibility index (Phi) is 6.62. The van der Waals surface area contributed by atoms with Crippen molar-refractivity contribution in [3.05, 3.63) is 84.4 Å². The Morgan fingerprint density at radius 1 is 0.947 bits per heavy atom. The third kappa shape index (κ3) is 5.10. The summed E-state index contributed by atoms with van der Waals surface area (Å²) >= 11 is 0. The van der Waals surface area contributed by atoms with Crippen molar-refractivity contribution in [1.29, 1.82) is 0 Å². The Balaban J connectivity index is 1.82. The minimum atomic E-state index is -4.85. The van der Waals surface area contributed by atoms with Crippen LogP contribution < -0.4 is 20.1 Å². The van der Waals surface area contributed by atoms with E-state index in [4.69, 9.17) is 14.7 Å². The number of ether oxygens (including phenoxy) is 2. The number of hydrogen-bond donors (Lipinski definition) is 1.